The molecule has 2 heterocycles. The van der Waals surface area contributed by atoms with Gasteiger partial charge in [0, 0.05) is 22.3 Å². The van der Waals surface area contributed by atoms with Gasteiger partial charge in [0.15, 0.2) is 0 Å². The van der Waals surface area contributed by atoms with Crippen molar-refractivity contribution >= 4 is 50.5 Å². The molecular weight excluding hydrogens is 532 g/mol. The molecule has 1 aromatic heterocycles. The van der Waals surface area contributed by atoms with Crippen molar-refractivity contribution in [2.75, 3.05) is 20.8 Å². The largest absolute Gasteiger partial charge is 0.496 e. The van der Waals surface area contributed by atoms with Crippen molar-refractivity contribution in [2.24, 2.45) is 11.8 Å². The number of hydrogen-bond acceptors (Lipinski definition) is 6. The zero-order valence-electron chi connectivity index (χ0n) is 20.3. The minimum absolute atomic E-state index is 0.132. The smallest absolute Gasteiger partial charge is 0.328 e. The van der Waals surface area contributed by atoms with Crippen LogP contribution < -0.4 is 20.7 Å². The molecule has 1 aliphatic carbocycles. The number of carbonyl (C=O) groups is 4. The van der Waals surface area contributed by atoms with E-state index in [1.807, 2.05) is 6.07 Å². The first-order valence-corrected chi connectivity index (χ1v) is 12.9. The quantitative estimate of drug-likeness (QED) is 0.328. The SMILES string of the molecule is COC(=O)[C@H](C[C@@H]1CCCNC1=O)NC(=O)[C@H](CC1CC1)NC(=O)c1cc2c(OC)ccc(Br)c2[nH]1. The van der Waals surface area contributed by atoms with E-state index in [-0.39, 0.29) is 23.9 Å². The molecule has 0 unspecified atom stereocenters. The van der Waals surface area contributed by atoms with Gasteiger partial charge in [-0.15, -0.1) is 0 Å². The first-order valence-electron chi connectivity index (χ1n) is 12.1. The minimum Gasteiger partial charge on any atom is -0.496 e. The molecule has 3 atom stereocenters. The molecule has 4 rings (SSSR count). The van der Waals surface area contributed by atoms with Crippen LogP contribution in [0.5, 0.6) is 5.75 Å². The van der Waals surface area contributed by atoms with E-state index in [1.54, 1.807) is 19.2 Å². The number of benzene rings is 1. The molecule has 0 bridgehead atoms. The van der Waals surface area contributed by atoms with E-state index < -0.39 is 29.9 Å². The number of ether oxygens (including phenoxy) is 2. The third-order valence-electron chi connectivity index (χ3n) is 6.78. The summed E-state index contributed by atoms with van der Waals surface area (Å²) in [6, 6.07) is 3.48. The highest BCUT2D eigenvalue weighted by Crippen LogP contribution is 2.34. The standard InChI is InChI=1S/C25H31BrN4O6/c1-35-20-8-7-16(26)21-15(20)12-18(28-21)24(33)29-17(10-13-5-6-13)23(32)30-19(25(34)36-2)11-14-4-3-9-27-22(14)31/h7-8,12-14,17,19,28H,3-6,9-11H2,1-2H3,(H,27,31)(H,29,33)(H,30,32)/t14-,17-,19-/m0/s1. The fourth-order valence-corrected chi connectivity index (χ4v) is 5.03. The Kier molecular flexibility index (Phi) is 8.17. The Balaban J connectivity index is 1.49. The summed E-state index contributed by atoms with van der Waals surface area (Å²) in [5.74, 6) is -1.11. The zero-order chi connectivity index (χ0) is 25.8. The molecule has 194 valence electrons. The second kappa shape index (κ2) is 11.3. The molecule has 1 aromatic carbocycles. The molecular formula is C25H31BrN4O6. The number of hydrogen-bond donors (Lipinski definition) is 4. The topological polar surface area (TPSA) is 139 Å². The monoisotopic (exact) mass is 562 g/mol. The van der Waals surface area contributed by atoms with Crippen LogP contribution in [-0.2, 0) is 19.1 Å². The molecule has 36 heavy (non-hydrogen) atoms. The number of fused-ring (bicyclic) bond motifs is 1. The molecule has 11 heteroatoms. The second-order valence-electron chi connectivity index (χ2n) is 9.38. The van der Waals surface area contributed by atoms with Gasteiger partial charge in [-0.2, -0.15) is 0 Å². The second-order valence-corrected chi connectivity index (χ2v) is 10.2. The Labute approximate surface area is 217 Å². The molecule has 0 radical (unpaired) electrons. The van der Waals surface area contributed by atoms with E-state index in [0.29, 0.717) is 36.6 Å². The van der Waals surface area contributed by atoms with Gasteiger partial charge in [0.1, 0.15) is 23.5 Å². The van der Waals surface area contributed by atoms with E-state index in [1.165, 1.54) is 7.11 Å². The van der Waals surface area contributed by atoms with E-state index in [9.17, 15) is 19.2 Å². The number of carbonyl (C=O) groups excluding carboxylic acids is 4. The Morgan fingerprint density at radius 2 is 1.89 bits per heavy atom. The summed E-state index contributed by atoms with van der Waals surface area (Å²) in [5.41, 5.74) is 0.992. The van der Waals surface area contributed by atoms with E-state index in [0.717, 1.165) is 29.1 Å². The molecule has 1 saturated carbocycles. The number of nitrogens with one attached hydrogen (secondary N) is 4. The number of aromatic nitrogens is 1. The highest BCUT2D eigenvalue weighted by atomic mass is 79.9. The third-order valence-corrected chi connectivity index (χ3v) is 7.44. The van der Waals surface area contributed by atoms with Crippen molar-refractivity contribution < 1.29 is 28.7 Å². The summed E-state index contributed by atoms with van der Waals surface area (Å²) in [5, 5.41) is 9.09. The number of methoxy groups -OCH3 is 2. The molecule has 2 aromatic rings. The first-order chi connectivity index (χ1) is 17.3. The van der Waals surface area contributed by atoms with Crippen LogP contribution in [0.25, 0.3) is 10.9 Å². The molecule has 1 saturated heterocycles. The van der Waals surface area contributed by atoms with Crippen LogP contribution in [0.3, 0.4) is 0 Å². The normalized spacial score (nSPS) is 19.2. The van der Waals surface area contributed by atoms with E-state index >= 15 is 0 Å². The van der Waals surface area contributed by atoms with Crippen molar-refractivity contribution in [2.45, 2.75) is 50.6 Å². The summed E-state index contributed by atoms with van der Waals surface area (Å²) in [4.78, 5) is 54.2. The predicted molar refractivity (Wildman–Crippen MR) is 135 cm³/mol. The lowest BCUT2D eigenvalue weighted by molar-refractivity contribution is -0.146. The van der Waals surface area contributed by atoms with Gasteiger partial charge in [0.25, 0.3) is 5.91 Å². The maximum absolute atomic E-state index is 13.3. The lowest BCUT2D eigenvalue weighted by atomic mass is 9.91. The van der Waals surface area contributed by atoms with Crippen LogP contribution in [0, 0.1) is 11.8 Å². The first kappa shape index (κ1) is 26.0. The minimum atomic E-state index is -0.983. The Morgan fingerprint density at radius 3 is 2.56 bits per heavy atom. The van der Waals surface area contributed by atoms with Gasteiger partial charge in [0.05, 0.1) is 19.7 Å². The van der Waals surface area contributed by atoms with Crippen molar-refractivity contribution in [1.82, 2.24) is 20.9 Å². The molecule has 4 N–H and O–H groups in total. The van der Waals surface area contributed by atoms with E-state index in [4.69, 9.17) is 9.47 Å². The lowest BCUT2D eigenvalue weighted by Crippen LogP contribution is -2.53. The maximum Gasteiger partial charge on any atom is 0.328 e. The van der Waals surface area contributed by atoms with E-state index in [2.05, 4.69) is 36.9 Å². The average molecular weight is 563 g/mol. The van der Waals surface area contributed by atoms with Gasteiger partial charge in [-0.3, -0.25) is 14.4 Å². The molecule has 2 fully saturated rings. The maximum atomic E-state index is 13.3. The number of esters is 1. The van der Waals surface area contributed by atoms with Crippen molar-refractivity contribution in [3.8, 4) is 5.75 Å². The summed E-state index contributed by atoms with van der Waals surface area (Å²) in [6.07, 6.45) is 4.02. The summed E-state index contributed by atoms with van der Waals surface area (Å²) in [7, 11) is 2.80. The number of halogens is 1. The molecule has 0 spiro atoms. The van der Waals surface area contributed by atoms with Crippen molar-refractivity contribution in [3.63, 3.8) is 0 Å². The zero-order valence-corrected chi connectivity index (χ0v) is 21.9. The Hall–Kier alpha value is -3.08. The molecule has 3 amide bonds. The van der Waals surface area contributed by atoms with Gasteiger partial charge in [-0.1, -0.05) is 12.8 Å². The number of rotatable bonds is 10. The van der Waals surface area contributed by atoms with Gasteiger partial charge in [-0.25, -0.2) is 4.79 Å². The van der Waals surface area contributed by atoms with Gasteiger partial charge >= 0.3 is 5.97 Å². The van der Waals surface area contributed by atoms with Crippen molar-refractivity contribution in [1.29, 1.82) is 0 Å². The lowest BCUT2D eigenvalue weighted by Gasteiger charge is -2.27. The van der Waals surface area contributed by atoms with Gasteiger partial charge in [-0.05, 0) is 65.7 Å². The molecule has 10 nitrogen and oxygen atoms in total. The fraction of sp³-hybridized carbons (Fsp3) is 0.520. The number of piperidine rings is 1. The van der Waals surface area contributed by atoms with Crippen LogP contribution in [-0.4, -0.2) is 61.5 Å². The fourth-order valence-electron chi connectivity index (χ4n) is 4.59. The highest BCUT2D eigenvalue weighted by Gasteiger charge is 2.35. The summed E-state index contributed by atoms with van der Waals surface area (Å²) < 4.78 is 11.1. The summed E-state index contributed by atoms with van der Waals surface area (Å²) >= 11 is 3.48. The predicted octanol–water partition coefficient (Wildman–Crippen LogP) is 2.41. The Bertz CT molecular complexity index is 1160. The third kappa shape index (κ3) is 6.00. The van der Waals surface area contributed by atoms with Crippen LogP contribution in [0.4, 0.5) is 0 Å². The van der Waals surface area contributed by atoms with Gasteiger partial charge < -0.3 is 30.4 Å². The van der Waals surface area contributed by atoms with Crippen LogP contribution in [0.2, 0.25) is 0 Å². The average Bonchev–Trinajstić information content (AvgIpc) is 3.57. The van der Waals surface area contributed by atoms with Crippen LogP contribution in [0.1, 0.15) is 49.0 Å². The summed E-state index contributed by atoms with van der Waals surface area (Å²) in [6.45, 7) is 0.607. The van der Waals surface area contributed by atoms with Gasteiger partial charge in [0.2, 0.25) is 11.8 Å². The van der Waals surface area contributed by atoms with Crippen LogP contribution in [0.15, 0.2) is 22.7 Å². The molecule has 1 aliphatic heterocycles. The Morgan fingerprint density at radius 1 is 1.11 bits per heavy atom. The van der Waals surface area contributed by atoms with Crippen LogP contribution >= 0.6 is 15.9 Å². The number of amides is 3. The molecule has 2 aliphatic rings. The van der Waals surface area contributed by atoms with Crippen molar-refractivity contribution in [3.05, 3.63) is 28.4 Å². The number of aromatic amines is 1. The highest BCUT2D eigenvalue weighted by molar-refractivity contribution is 9.10. The number of H-pyrrole nitrogens is 1.